The van der Waals surface area contributed by atoms with Crippen molar-refractivity contribution in [3.05, 3.63) is 56.8 Å². The second-order valence-electron chi connectivity index (χ2n) is 10.2. The fraction of sp³-hybridized carbons (Fsp3) is 0.667. The number of rotatable bonds is 24. The second-order valence-corrected chi connectivity index (χ2v) is 21.7. The van der Waals surface area contributed by atoms with Crippen LogP contribution >= 0.6 is 23.5 Å². The fourth-order valence-corrected chi connectivity index (χ4v) is 15.2. The molecule has 0 aromatic carbocycles. The molecular formula is C24H40N10O5S2Si2. The highest BCUT2D eigenvalue weighted by Gasteiger charge is 2.33. The molecule has 0 radical (unpaired) electrons. The van der Waals surface area contributed by atoms with Crippen LogP contribution in [-0.4, -0.2) is 100 Å². The second kappa shape index (κ2) is 21.4. The van der Waals surface area contributed by atoms with Gasteiger partial charge in [-0.05, 0) is 37.3 Å². The van der Waals surface area contributed by atoms with E-state index in [0.29, 0.717) is 65.9 Å². The van der Waals surface area contributed by atoms with Gasteiger partial charge in [-0.15, -0.1) is 0 Å². The number of thioether (sulfide) groups is 2. The third kappa shape index (κ3) is 18.2. The molecule has 2 rings (SSSR count). The van der Waals surface area contributed by atoms with Gasteiger partial charge in [0.05, 0.1) is 52.9 Å². The van der Waals surface area contributed by atoms with Crippen LogP contribution in [0.5, 0.6) is 0 Å². The quantitative estimate of drug-likeness (QED) is 0.0266. The lowest BCUT2D eigenvalue weighted by molar-refractivity contribution is 0.0431. The minimum Gasteiger partial charge on any atom is -0.454 e. The van der Waals surface area contributed by atoms with Gasteiger partial charge in [0, 0.05) is 69.6 Å². The maximum absolute atomic E-state index is 8.22. The van der Waals surface area contributed by atoms with Gasteiger partial charge in [-0.3, -0.25) is 0 Å². The van der Waals surface area contributed by atoms with Gasteiger partial charge in [0.15, 0.2) is 26.9 Å². The zero-order chi connectivity index (χ0) is 31.2. The summed E-state index contributed by atoms with van der Waals surface area (Å²) in [5.41, 5.74) is 18.2. The molecule has 0 aliphatic carbocycles. The minimum absolute atomic E-state index is 0.316. The molecule has 2 heterocycles. The van der Waals surface area contributed by atoms with Gasteiger partial charge in [0.1, 0.15) is 0 Å². The molecule has 2 aromatic rings. The van der Waals surface area contributed by atoms with Gasteiger partial charge in [0.2, 0.25) is 0 Å². The van der Waals surface area contributed by atoms with E-state index in [1.165, 1.54) is 0 Å². The number of azide groups is 2. The van der Waals surface area contributed by atoms with Crippen LogP contribution in [0, 0.1) is 0 Å². The summed E-state index contributed by atoms with van der Waals surface area (Å²) in [6.07, 6.45) is 7.13. The average Bonchev–Trinajstić information content (AvgIpc) is 2.98. The van der Waals surface area contributed by atoms with Gasteiger partial charge in [-0.1, -0.05) is 33.8 Å². The molecule has 0 amide bonds. The first-order valence-corrected chi connectivity index (χ1v) is 21.8. The average molecular weight is 669 g/mol. The first-order valence-electron chi connectivity index (χ1n) is 13.6. The molecule has 19 heteroatoms. The van der Waals surface area contributed by atoms with E-state index in [-0.39, 0.29) is 0 Å². The van der Waals surface area contributed by atoms with Crippen LogP contribution in [0.2, 0.25) is 26.2 Å². The predicted octanol–water partition coefficient (Wildman–Crippen LogP) is 5.34. The molecular weight excluding hydrogens is 629 g/mol. The topological polar surface area (TPSA) is 195 Å². The SMILES string of the molecule is C[Si](C)(CSc1ncc(COCCOCCN=[N+]=[N-])cn1)O[Si](C)(C)CSc1ncc(COCCOCCN=[N+]=[N-])cn1. The van der Waals surface area contributed by atoms with Crippen molar-refractivity contribution in [1.82, 2.24) is 19.9 Å². The summed E-state index contributed by atoms with van der Waals surface area (Å²) in [5.74, 6) is 0. The highest BCUT2D eigenvalue weighted by Crippen LogP contribution is 2.26. The number of hydrogen-bond acceptors (Lipinski definition) is 13. The fourth-order valence-electron chi connectivity index (χ4n) is 3.39. The third-order valence-electron chi connectivity index (χ3n) is 5.09. The van der Waals surface area contributed by atoms with Crippen molar-refractivity contribution in [2.75, 3.05) is 63.5 Å². The molecule has 15 nitrogen and oxygen atoms in total. The Morgan fingerprint density at radius 2 is 1.00 bits per heavy atom. The number of ether oxygens (including phenoxy) is 4. The Labute approximate surface area is 262 Å². The van der Waals surface area contributed by atoms with Crippen molar-refractivity contribution in [3.63, 3.8) is 0 Å². The Kier molecular flexibility index (Phi) is 18.4. The van der Waals surface area contributed by atoms with E-state index in [0.717, 1.165) is 32.2 Å². The Morgan fingerprint density at radius 1 is 0.628 bits per heavy atom. The van der Waals surface area contributed by atoms with E-state index in [1.807, 2.05) is 0 Å². The normalized spacial score (nSPS) is 11.6. The molecule has 0 aliphatic rings. The van der Waals surface area contributed by atoms with Crippen LogP contribution in [0.1, 0.15) is 11.1 Å². The number of aromatic nitrogens is 4. The molecule has 0 N–H and O–H groups in total. The Bertz CT molecular complexity index is 1070. The molecule has 0 spiro atoms. The summed E-state index contributed by atoms with van der Waals surface area (Å²) in [7, 11) is -3.96. The molecule has 236 valence electrons. The van der Waals surface area contributed by atoms with Crippen LogP contribution < -0.4 is 0 Å². The summed E-state index contributed by atoms with van der Waals surface area (Å²) >= 11 is 3.24. The molecule has 0 unspecified atom stereocenters. The predicted molar refractivity (Wildman–Crippen MR) is 171 cm³/mol. The van der Waals surface area contributed by atoms with Gasteiger partial charge in [-0.2, -0.15) is 0 Å². The van der Waals surface area contributed by atoms with Crippen LogP contribution in [0.4, 0.5) is 0 Å². The van der Waals surface area contributed by atoms with Gasteiger partial charge in [0.25, 0.3) is 0 Å². The van der Waals surface area contributed by atoms with E-state index in [9.17, 15) is 0 Å². The minimum atomic E-state index is -1.98. The molecule has 43 heavy (non-hydrogen) atoms. The molecule has 0 atom stereocenters. The third-order valence-corrected chi connectivity index (χ3v) is 17.2. The summed E-state index contributed by atoms with van der Waals surface area (Å²) in [6, 6.07) is 0. The first kappa shape index (κ1) is 36.9. The maximum Gasteiger partial charge on any atom is 0.187 e. The lowest BCUT2D eigenvalue weighted by atomic mass is 10.4. The zero-order valence-corrected chi connectivity index (χ0v) is 28.8. The van der Waals surface area contributed by atoms with Gasteiger partial charge < -0.3 is 23.1 Å². The molecule has 0 saturated heterocycles. The first-order chi connectivity index (χ1) is 20.7. The van der Waals surface area contributed by atoms with E-state index in [4.69, 9.17) is 34.1 Å². The van der Waals surface area contributed by atoms with Gasteiger partial charge >= 0.3 is 0 Å². The smallest absolute Gasteiger partial charge is 0.187 e. The van der Waals surface area contributed by atoms with Crippen LogP contribution in [0.3, 0.4) is 0 Å². The number of nitrogens with zero attached hydrogens (tertiary/aromatic N) is 10. The lowest BCUT2D eigenvalue weighted by Crippen LogP contribution is -2.48. The monoisotopic (exact) mass is 668 g/mol. The summed E-state index contributed by atoms with van der Waals surface area (Å²) in [4.78, 5) is 23.2. The van der Waals surface area contributed by atoms with Crippen molar-refractivity contribution in [1.29, 1.82) is 0 Å². The van der Waals surface area contributed by atoms with Crippen LogP contribution in [0.15, 0.2) is 45.3 Å². The number of hydrogen-bond donors (Lipinski definition) is 0. The van der Waals surface area contributed by atoms with E-state index in [2.05, 4.69) is 66.2 Å². The van der Waals surface area contributed by atoms with E-state index < -0.39 is 16.6 Å². The van der Waals surface area contributed by atoms with Gasteiger partial charge in [-0.25, -0.2) is 19.9 Å². The maximum atomic E-state index is 8.22. The Hall–Kier alpha value is -2.29. The Balaban J connectivity index is 1.64. The lowest BCUT2D eigenvalue weighted by Gasteiger charge is -2.33. The van der Waals surface area contributed by atoms with Crippen molar-refractivity contribution >= 4 is 40.2 Å². The molecule has 0 fully saturated rings. The van der Waals surface area contributed by atoms with Crippen LogP contribution in [0.25, 0.3) is 20.9 Å². The van der Waals surface area contributed by atoms with E-state index >= 15 is 0 Å². The van der Waals surface area contributed by atoms with Crippen molar-refractivity contribution in [2.24, 2.45) is 10.2 Å². The Morgan fingerprint density at radius 3 is 1.37 bits per heavy atom. The van der Waals surface area contributed by atoms with Crippen molar-refractivity contribution in [3.8, 4) is 0 Å². The van der Waals surface area contributed by atoms with E-state index in [1.54, 1.807) is 48.3 Å². The molecule has 0 bridgehead atoms. The summed E-state index contributed by atoms with van der Waals surface area (Å²) in [5, 5.41) is 9.95. The van der Waals surface area contributed by atoms with Crippen LogP contribution in [-0.2, 0) is 36.3 Å². The zero-order valence-electron chi connectivity index (χ0n) is 25.1. The molecule has 2 aromatic heterocycles. The summed E-state index contributed by atoms with van der Waals surface area (Å²) < 4.78 is 28.5. The summed E-state index contributed by atoms with van der Waals surface area (Å²) in [6.45, 7) is 12.9. The molecule has 0 aliphatic heterocycles. The highest BCUT2D eigenvalue weighted by atomic mass is 32.2. The molecule has 0 saturated carbocycles. The highest BCUT2D eigenvalue weighted by molar-refractivity contribution is 8.01. The largest absolute Gasteiger partial charge is 0.454 e. The van der Waals surface area contributed by atoms with Crippen molar-refractivity contribution in [2.45, 2.75) is 49.7 Å². The standard InChI is InChI=1S/C24H40N10O5S2Si2/c1-42(2,19-40-23-27-13-21(14-28-23)17-37-11-9-35-7-5-31-33-25)39-43(3,4)20-41-24-29-15-22(16-30-24)18-38-12-10-36-8-6-32-34-26/h13-16H,5-12,17-20H2,1-4H3. The van der Waals surface area contributed by atoms with Crippen molar-refractivity contribution < 1.29 is 23.1 Å².